The summed E-state index contributed by atoms with van der Waals surface area (Å²) in [4.78, 5) is 11.5. The predicted molar refractivity (Wildman–Crippen MR) is 64.3 cm³/mol. The Balaban J connectivity index is 2.29. The van der Waals surface area contributed by atoms with E-state index in [2.05, 4.69) is 15.6 Å². The largest absolute Gasteiger partial charge is 0.337 e. The molecule has 1 heterocycles. The average molecular weight is 280 g/mol. The van der Waals surface area contributed by atoms with Gasteiger partial charge in [0.05, 0.1) is 17.3 Å². The molecule has 0 unspecified atom stereocenters. The third-order valence-corrected chi connectivity index (χ3v) is 2.52. The van der Waals surface area contributed by atoms with Gasteiger partial charge in [-0.15, -0.1) is 5.10 Å². The molecule has 1 aromatic heterocycles. The summed E-state index contributed by atoms with van der Waals surface area (Å²) >= 11 is 5.65. The zero-order chi connectivity index (χ0) is 13.8. The smallest absolute Gasteiger partial charge is 0.274 e. The number of amides is 1. The molecule has 6 nitrogen and oxygen atoms in total. The van der Waals surface area contributed by atoms with E-state index in [1.54, 1.807) is 12.1 Å². The number of benzene rings is 1. The molecule has 0 bridgehead atoms. The summed E-state index contributed by atoms with van der Waals surface area (Å²) in [6.45, 7) is -0.142. The van der Waals surface area contributed by atoms with Gasteiger partial charge in [-0.25, -0.2) is 9.07 Å². The molecule has 1 aromatic carbocycles. The van der Waals surface area contributed by atoms with Gasteiger partial charge in [-0.2, -0.15) is 5.26 Å². The molecular weight excluding hydrogens is 273 g/mol. The van der Waals surface area contributed by atoms with Crippen LogP contribution in [0.5, 0.6) is 0 Å². The minimum atomic E-state index is -0.655. The number of halogens is 2. The highest BCUT2D eigenvalue weighted by Gasteiger charge is 2.14. The van der Waals surface area contributed by atoms with Crippen LogP contribution in [0.3, 0.4) is 0 Å². The number of hydrogen-bond donors (Lipinski definition) is 1. The van der Waals surface area contributed by atoms with Crippen LogP contribution in [-0.2, 0) is 0 Å². The van der Waals surface area contributed by atoms with Gasteiger partial charge in [-0.05, 0) is 12.1 Å². The van der Waals surface area contributed by atoms with Gasteiger partial charge in [0.2, 0.25) is 0 Å². The van der Waals surface area contributed by atoms with Gasteiger partial charge in [-0.3, -0.25) is 4.79 Å². The van der Waals surface area contributed by atoms with Crippen molar-refractivity contribution in [3.05, 3.63) is 40.9 Å². The average Bonchev–Trinajstić information content (AvgIpc) is 2.88. The summed E-state index contributed by atoms with van der Waals surface area (Å²) in [6, 6.07) is 6.16. The Morgan fingerprint density at radius 3 is 3.11 bits per heavy atom. The van der Waals surface area contributed by atoms with Gasteiger partial charge >= 0.3 is 0 Å². The fourth-order valence-corrected chi connectivity index (χ4v) is 1.53. The van der Waals surface area contributed by atoms with Crippen molar-refractivity contribution in [2.45, 2.75) is 0 Å². The molecular formula is C11H7ClFN5O. The third-order valence-electron chi connectivity index (χ3n) is 2.23. The fraction of sp³-hybridized carbons (Fsp3) is 0.0909. The van der Waals surface area contributed by atoms with Crippen LogP contribution in [0.4, 0.5) is 4.39 Å². The summed E-state index contributed by atoms with van der Waals surface area (Å²) < 4.78 is 14.8. The van der Waals surface area contributed by atoms with Crippen LogP contribution in [0.1, 0.15) is 10.5 Å². The summed E-state index contributed by atoms with van der Waals surface area (Å²) in [7, 11) is 0. The van der Waals surface area contributed by atoms with Crippen molar-refractivity contribution < 1.29 is 9.18 Å². The first-order valence-electron chi connectivity index (χ1n) is 5.15. The fourth-order valence-electron chi connectivity index (χ4n) is 1.37. The molecule has 0 radical (unpaired) electrons. The molecule has 1 amide bonds. The van der Waals surface area contributed by atoms with E-state index in [4.69, 9.17) is 16.9 Å². The first kappa shape index (κ1) is 13.0. The van der Waals surface area contributed by atoms with Crippen molar-refractivity contribution in [2.24, 2.45) is 0 Å². The second-order valence-corrected chi connectivity index (χ2v) is 3.87. The zero-order valence-corrected chi connectivity index (χ0v) is 10.2. The van der Waals surface area contributed by atoms with E-state index < -0.39 is 11.7 Å². The molecule has 0 aliphatic rings. The molecule has 0 saturated carbocycles. The van der Waals surface area contributed by atoms with Gasteiger partial charge in [0.1, 0.15) is 12.2 Å². The molecule has 0 spiro atoms. The Labute approximate surface area is 112 Å². The normalized spacial score (nSPS) is 9.95. The van der Waals surface area contributed by atoms with E-state index in [0.717, 1.165) is 4.68 Å². The number of nitriles is 1. The van der Waals surface area contributed by atoms with Crippen molar-refractivity contribution in [3.8, 4) is 11.8 Å². The molecule has 19 heavy (non-hydrogen) atoms. The molecule has 0 saturated heterocycles. The lowest BCUT2D eigenvalue weighted by Gasteiger charge is -2.02. The van der Waals surface area contributed by atoms with Crippen LogP contribution in [0, 0.1) is 17.1 Å². The minimum absolute atomic E-state index is 0.0189. The first-order valence-corrected chi connectivity index (χ1v) is 5.53. The zero-order valence-electron chi connectivity index (χ0n) is 9.47. The van der Waals surface area contributed by atoms with Crippen molar-refractivity contribution in [3.63, 3.8) is 0 Å². The first-order chi connectivity index (χ1) is 9.13. The third kappa shape index (κ3) is 2.69. The lowest BCUT2D eigenvalue weighted by Crippen LogP contribution is -2.23. The van der Waals surface area contributed by atoms with E-state index in [9.17, 15) is 9.18 Å². The van der Waals surface area contributed by atoms with Crippen molar-refractivity contribution >= 4 is 17.5 Å². The summed E-state index contributed by atoms with van der Waals surface area (Å²) in [5.74, 6) is -1.21. The molecule has 1 N–H and O–H groups in total. The number of aromatic nitrogens is 3. The molecule has 96 valence electrons. The summed E-state index contributed by atoms with van der Waals surface area (Å²) in [6.07, 6.45) is 1.25. The second kappa shape index (κ2) is 5.46. The van der Waals surface area contributed by atoms with Gasteiger partial charge in [-0.1, -0.05) is 22.9 Å². The lowest BCUT2D eigenvalue weighted by atomic mass is 10.3. The Kier molecular flexibility index (Phi) is 3.73. The lowest BCUT2D eigenvalue weighted by molar-refractivity contribution is 0.0953. The molecule has 0 aliphatic heterocycles. The molecule has 0 atom stereocenters. The highest BCUT2D eigenvalue weighted by Crippen LogP contribution is 2.20. The van der Waals surface area contributed by atoms with E-state index in [1.807, 2.05) is 0 Å². The molecule has 8 heteroatoms. The maximum atomic E-state index is 13.7. The second-order valence-electron chi connectivity index (χ2n) is 3.46. The van der Waals surface area contributed by atoms with E-state index in [0.29, 0.717) is 0 Å². The number of carbonyl (C=O) groups is 1. The molecule has 0 fully saturated rings. The summed E-state index contributed by atoms with van der Waals surface area (Å²) in [5, 5.41) is 17.8. The van der Waals surface area contributed by atoms with Crippen LogP contribution in [-0.4, -0.2) is 27.4 Å². The molecule has 0 aliphatic carbocycles. The Bertz CT molecular complexity index is 663. The highest BCUT2D eigenvalue weighted by molar-refractivity contribution is 6.30. The number of carbonyl (C=O) groups excluding carboxylic acids is 1. The van der Waals surface area contributed by atoms with Crippen LogP contribution >= 0.6 is 11.6 Å². The van der Waals surface area contributed by atoms with Crippen LogP contribution in [0.25, 0.3) is 5.69 Å². The van der Waals surface area contributed by atoms with Crippen LogP contribution in [0.2, 0.25) is 5.02 Å². The van der Waals surface area contributed by atoms with Crippen LogP contribution in [0.15, 0.2) is 24.4 Å². The van der Waals surface area contributed by atoms with E-state index >= 15 is 0 Å². The monoisotopic (exact) mass is 279 g/mol. The number of nitrogens with zero attached hydrogens (tertiary/aromatic N) is 4. The number of rotatable bonds is 3. The van der Waals surface area contributed by atoms with E-state index in [-0.39, 0.29) is 22.9 Å². The van der Waals surface area contributed by atoms with Gasteiger partial charge in [0, 0.05) is 0 Å². The maximum Gasteiger partial charge on any atom is 0.274 e. The SMILES string of the molecule is N#CCNC(=O)c1cn(-c2cccc(Cl)c2F)nn1. The van der Waals surface area contributed by atoms with Crippen molar-refractivity contribution in [2.75, 3.05) is 6.54 Å². The number of nitrogens with one attached hydrogen (secondary N) is 1. The molecule has 2 aromatic rings. The Morgan fingerprint density at radius 1 is 1.58 bits per heavy atom. The molecule has 2 rings (SSSR count). The van der Waals surface area contributed by atoms with Crippen LogP contribution < -0.4 is 5.32 Å². The van der Waals surface area contributed by atoms with E-state index in [1.165, 1.54) is 18.3 Å². The van der Waals surface area contributed by atoms with Gasteiger partial charge in [0.25, 0.3) is 5.91 Å². The maximum absolute atomic E-state index is 13.7. The Hall–Kier alpha value is -2.46. The minimum Gasteiger partial charge on any atom is -0.337 e. The standard InChI is InChI=1S/C11H7ClFN5O/c12-7-2-1-3-9(10(7)13)18-6-8(16-17-18)11(19)15-5-4-14/h1-3,6H,5H2,(H,15,19). The van der Waals surface area contributed by atoms with Gasteiger partial charge < -0.3 is 5.32 Å². The topological polar surface area (TPSA) is 83.6 Å². The quantitative estimate of drug-likeness (QED) is 0.859. The Morgan fingerprint density at radius 2 is 2.37 bits per heavy atom. The van der Waals surface area contributed by atoms with Crippen molar-refractivity contribution in [1.82, 2.24) is 20.3 Å². The van der Waals surface area contributed by atoms with Gasteiger partial charge in [0.15, 0.2) is 11.5 Å². The highest BCUT2D eigenvalue weighted by atomic mass is 35.5. The van der Waals surface area contributed by atoms with Crippen molar-refractivity contribution in [1.29, 1.82) is 5.26 Å². The summed E-state index contributed by atoms with van der Waals surface area (Å²) in [5.41, 5.74) is 0.0639. The predicted octanol–water partition coefficient (Wildman–Crippen LogP) is 1.31. The number of hydrogen-bond acceptors (Lipinski definition) is 4.